The van der Waals surface area contributed by atoms with Crippen LogP contribution in [0.2, 0.25) is 0 Å². The van der Waals surface area contributed by atoms with Crippen LogP contribution < -0.4 is 10.6 Å². The van der Waals surface area contributed by atoms with Gasteiger partial charge in [-0.05, 0) is 51.5 Å². The Morgan fingerprint density at radius 2 is 1.78 bits per heavy atom. The van der Waals surface area contributed by atoms with E-state index in [9.17, 15) is 9.59 Å². The van der Waals surface area contributed by atoms with Crippen molar-refractivity contribution in [2.75, 3.05) is 5.32 Å². The summed E-state index contributed by atoms with van der Waals surface area (Å²) >= 11 is 0. The smallest absolute Gasteiger partial charge is 0.270 e. The van der Waals surface area contributed by atoms with Crippen LogP contribution in [-0.2, 0) is 0 Å². The van der Waals surface area contributed by atoms with Gasteiger partial charge in [-0.1, -0.05) is 36.2 Å². The molecule has 1 atom stereocenters. The molecule has 3 N–H and O–H groups in total. The summed E-state index contributed by atoms with van der Waals surface area (Å²) < 4.78 is 0. The molecule has 5 heteroatoms. The number of hydrogen-bond acceptors (Lipinski definition) is 2. The van der Waals surface area contributed by atoms with E-state index in [4.69, 9.17) is 0 Å². The highest BCUT2D eigenvalue weighted by molar-refractivity contribution is 6.15. The number of carbonyl (C=O) groups excluding carboxylic acids is 2. The number of aromatic nitrogens is 1. The fourth-order valence-electron chi connectivity index (χ4n) is 2.98. The molecule has 1 heterocycles. The van der Waals surface area contributed by atoms with Gasteiger partial charge in [0.2, 0.25) is 0 Å². The van der Waals surface area contributed by atoms with E-state index in [1.54, 1.807) is 6.07 Å². The third-order valence-corrected chi connectivity index (χ3v) is 4.69. The number of carbonyl (C=O) groups is 2. The Bertz CT molecular complexity index is 1000. The molecule has 0 spiro atoms. The molecule has 0 saturated heterocycles. The molecule has 140 valence electrons. The fraction of sp³-hybridized carbons (Fsp3) is 0.273. The summed E-state index contributed by atoms with van der Waals surface area (Å²) in [7, 11) is 0. The van der Waals surface area contributed by atoms with Crippen molar-refractivity contribution in [3.63, 3.8) is 0 Å². The predicted molar refractivity (Wildman–Crippen MR) is 109 cm³/mol. The Balaban J connectivity index is 2.03. The minimum atomic E-state index is -0.237. The first kappa shape index (κ1) is 18.7. The molecule has 0 bridgehead atoms. The van der Waals surface area contributed by atoms with E-state index in [2.05, 4.69) is 15.6 Å². The highest BCUT2D eigenvalue weighted by atomic mass is 16.2. The maximum atomic E-state index is 12.8. The number of nitrogens with one attached hydrogen (secondary N) is 3. The molecule has 2 aromatic carbocycles. The number of fused-ring (bicyclic) bond motifs is 1. The lowest BCUT2D eigenvalue weighted by Crippen LogP contribution is -2.32. The van der Waals surface area contributed by atoms with E-state index in [0.29, 0.717) is 16.9 Å². The van der Waals surface area contributed by atoms with Crippen LogP contribution in [0.5, 0.6) is 0 Å². The van der Waals surface area contributed by atoms with Gasteiger partial charge in [-0.2, -0.15) is 0 Å². The molecule has 0 aliphatic rings. The van der Waals surface area contributed by atoms with Crippen molar-refractivity contribution in [1.82, 2.24) is 10.3 Å². The van der Waals surface area contributed by atoms with E-state index in [-0.39, 0.29) is 17.9 Å². The lowest BCUT2D eigenvalue weighted by molar-refractivity contribution is 0.0936. The molecule has 0 fully saturated rings. The highest BCUT2D eigenvalue weighted by Crippen LogP contribution is 2.29. The standard InChI is InChI=1S/C22H25N3O2/c1-5-15(4)23-22(27)20-19(17-12-14(3)9-10-18(17)24-20)25-21(26)16-8-6-7-13(2)11-16/h6-12,15,24H,5H2,1-4H3,(H,23,27)(H,25,26)/t15-/m0/s1. The van der Waals surface area contributed by atoms with E-state index in [1.807, 2.05) is 64.1 Å². The monoisotopic (exact) mass is 363 g/mol. The number of aromatic amines is 1. The van der Waals surface area contributed by atoms with E-state index in [0.717, 1.165) is 28.5 Å². The van der Waals surface area contributed by atoms with Gasteiger partial charge < -0.3 is 15.6 Å². The Morgan fingerprint density at radius 1 is 1.04 bits per heavy atom. The SMILES string of the molecule is CC[C@H](C)NC(=O)c1[nH]c2ccc(C)cc2c1NC(=O)c1cccc(C)c1. The van der Waals surface area contributed by atoms with Crippen LogP contribution in [0, 0.1) is 13.8 Å². The summed E-state index contributed by atoms with van der Waals surface area (Å²) in [6, 6.07) is 13.3. The number of H-pyrrole nitrogens is 1. The summed E-state index contributed by atoms with van der Waals surface area (Å²) in [4.78, 5) is 28.7. The average Bonchev–Trinajstić information content (AvgIpc) is 2.99. The van der Waals surface area contributed by atoms with Gasteiger partial charge in [-0.3, -0.25) is 9.59 Å². The van der Waals surface area contributed by atoms with E-state index < -0.39 is 0 Å². The molecule has 27 heavy (non-hydrogen) atoms. The van der Waals surface area contributed by atoms with Gasteiger partial charge in [0.1, 0.15) is 5.69 Å². The zero-order valence-corrected chi connectivity index (χ0v) is 16.1. The molecule has 0 radical (unpaired) electrons. The van der Waals surface area contributed by atoms with Crippen LogP contribution in [0.25, 0.3) is 10.9 Å². The molecule has 2 amide bonds. The van der Waals surface area contributed by atoms with Crippen LogP contribution in [0.1, 0.15) is 52.2 Å². The summed E-state index contributed by atoms with van der Waals surface area (Å²) in [6.45, 7) is 7.89. The normalized spacial score (nSPS) is 12.0. The molecule has 0 saturated carbocycles. The third kappa shape index (κ3) is 4.03. The Kier molecular flexibility index (Phi) is 5.31. The molecule has 3 aromatic rings. The first-order chi connectivity index (χ1) is 12.9. The van der Waals surface area contributed by atoms with Crippen LogP contribution in [0.3, 0.4) is 0 Å². The molecule has 3 rings (SSSR count). The number of benzene rings is 2. The number of rotatable bonds is 5. The van der Waals surface area contributed by atoms with Gasteiger partial charge in [-0.25, -0.2) is 0 Å². The third-order valence-electron chi connectivity index (χ3n) is 4.69. The van der Waals surface area contributed by atoms with Gasteiger partial charge >= 0.3 is 0 Å². The zero-order valence-electron chi connectivity index (χ0n) is 16.1. The van der Waals surface area contributed by atoms with Crippen molar-refractivity contribution in [2.45, 2.75) is 40.2 Å². The number of hydrogen-bond donors (Lipinski definition) is 3. The van der Waals surface area contributed by atoms with Gasteiger partial charge in [-0.15, -0.1) is 0 Å². The van der Waals surface area contributed by atoms with Crippen LogP contribution in [0.15, 0.2) is 42.5 Å². The Morgan fingerprint density at radius 3 is 2.48 bits per heavy atom. The minimum absolute atomic E-state index is 0.0472. The second-order valence-corrected chi connectivity index (χ2v) is 7.03. The summed E-state index contributed by atoms with van der Waals surface area (Å²) in [5.74, 6) is -0.462. The van der Waals surface area contributed by atoms with Gasteiger partial charge in [0, 0.05) is 22.5 Å². The first-order valence-corrected chi connectivity index (χ1v) is 9.20. The largest absolute Gasteiger partial charge is 0.349 e. The zero-order chi connectivity index (χ0) is 19.6. The van der Waals surface area contributed by atoms with Crippen LogP contribution in [-0.4, -0.2) is 22.8 Å². The number of anilines is 1. The molecule has 0 unspecified atom stereocenters. The minimum Gasteiger partial charge on any atom is -0.349 e. The molecular weight excluding hydrogens is 338 g/mol. The quantitative estimate of drug-likeness (QED) is 0.621. The van der Waals surface area contributed by atoms with Crippen molar-refractivity contribution in [3.8, 4) is 0 Å². The molecule has 1 aromatic heterocycles. The van der Waals surface area contributed by atoms with Crippen molar-refractivity contribution in [3.05, 3.63) is 64.8 Å². The van der Waals surface area contributed by atoms with E-state index in [1.165, 1.54) is 0 Å². The van der Waals surface area contributed by atoms with Crippen molar-refractivity contribution >= 4 is 28.4 Å². The predicted octanol–water partition coefficient (Wildman–Crippen LogP) is 4.57. The van der Waals surface area contributed by atoms with Crippen molar-refractivity contribution in [1.29, 1.82) is 0 Å². The first-order valence-electron chi connectivity index (χ1n) is 9.20. The average molecular weight is 363 g/mol. The van der Waals surface area contributed by atoms with Crippen molar-refractivity contribution < 1.29 is 9.59 Å². The lowest BCUT2D eigenvalue weighted by atomic mass is 10.1. The summed E-state index contributed by atoms with van der Waals surface area (Å²) in [5, 5.41) is 6.73. The maximum Gasteiger partial charge on any atom is 0.270 e. The van der Waals surface area contributed by atoms with Crippen LogP contribution in [0.4, 0.5) is 5.69 Å². The summed E-state index contributed by atoms with van der Waals surface area (Å²) in [6.07, 6.45) is 0.829. The number of aryl methyl sites for hydroxylation is 2. The lowest BCUT2D eigenvalue weighted by Gasteiger charge is -2.12. The van der Waals surface area contributed by atoms with Crippen molar-refractivity contribution in [2.24, 2.45) is 0 Å². The van der Waals surface area contributed by atoms with E-state index >= 15 is 0 Å². The van der Waals surface area contributed by atoms with Crippen LogP contribution >= 0.6 is 0 Å². The van der Waals surface area contributed by atoms with Gasteiger partial charge in [0.05, 0.1) is 5.69 Å². The maximum absolute atomic E-state index is 12.8. The Labute approximate surface area is 159 Å². The molecule has 0 aliphatic heterocycles. The second kappa shape index (κ2) is 7.66. The number of amides is 2. The Hall–Kier alpha value is -3.08. The molecule has 5 nitrogen and oxygen atoms in total. The molecule has 0 aliphatic carbocycles. The summed E-state index contributed by atoms with van der Waals surface area (Å²) in [5.41, 5.74) is 4.33. The van der Waals surface area contributed by atoms with Gasteiger partial charge in [0.25, 0.3) is 11.8 Å². The van der Waals surface area contributed by atoms with Gasteiger partial charge in [0.15, 0.2) is 0 Å². The highest BCUT2D eigenvalue weighted by Gasteiger charge is 2.21. The fourth-order valence-corrected chi connectivity index (χ4v) is 2.98. The molecular formula is C22H25N3O2. The second-order valence-electron chi connectivity index (χ2n) is 7.03. The topological polar surface area (TPSA) is 74.0 Å².